The summed E-state index contributed by atoms with van der Waals surface area (Å²) in [5.41, 5.74) is 1.10. The van der Waals surface area contributed by atoms with Crippen molar-refractivity contribution >= 4 is 11.6 Å². The fourth-order valence-electron chi connectivity index (χ4n) is 2.89. The molecule has 1 aromatic rings. The van der Waals surface area contributed by atoms with Gasteiger partial charge in [-0.3, -0.25) is 4.90 Å². The molecule has 1 heterocycles. The Morgan fingerprint density at radius 1 is 1.48 bits per heavy atom. The lowest BCUT2D eigenvalue weighted by atomic mass is 9.89. The molecule has 0 aliphatic carbocycles. The van der Waals surface area contributed by atoms with Gasteiger partial charge < -0.3 is 5.32 Å². The molecule has 1 N–H and O–H groups in total. The van der Waals surface area contributed by atoms with Crippen LogP contribution in [0.4, 0.5) is 4.39 Å². The van der Waals surface area contributed by atoms with E-state index in [0.29, 0.717) is 12.0 Å². The zero-order valence-corrected chi connectivity index (χ0v) is 14.2. The van der Waals surface area contributed by atoms with Crippen LogP contribution >= 0.6 is 11.6 Å². The molecule has 1 aliphatic heterocycles. The number of hydrogen-bond acceptors (Lipinski definition) is 2. The van der Waals surface area contributed by atoms with Gasteiger partial charge in [0, 0.05) is 31.2 Å². The smallest absolute Gasteiger partial charge is 0.142 e. The highest BCUT2D eigenvalue weighted by Gasteiger charge is 2.37. The molecule has 1 saturated heterocycles. The van der Waals surface area contributed by atoms with Crippen molar-refractivity contribution in [2.24, 2.45) is 5.92 Å². The largest absolute Gasteiger partial charge is 0.311 e. The van der Waals surface area contributed by atoms with E-state index in [0.717, 1.165) is 31.6 Å². The molecule has 0 saturated carbocycles. The van der Waals surface area contributed by atoms with E-state index < -0.39 is 0 Å². The first kappa shape index (κ1) is 16.7. The number of rotatable bonds is 4. The van der Waals surface area contributed by atoms with Crippen molar-refractivity contribution in [2.75, 3.05) is 13.1 Å². The molecule has 4 heteroatoms. The Balaban J connectivity index is 2.17. The van der Waals surface area contributed by atoms with Gasteiger partial charge in [-0.05, 0) is 37.0 Å². The molecule has 0 spiro atoms. The number of halogens is 2. The quantitative estimate of drug-likeness (QED) is 0.901. The summed E-state index contributed by atoms with van der Waals surface area (Å²) in [5.74, 6) is 0.263. The maximum atomic E-state index is 13.6. The standard InChI is InChI=1S/C17H26ClFN2/c1-5-17(4)11-20-16(12(2)3)10-21(17)9-13-6-7-14(18)15(19)8-13/h6-8,12,16,20H,5,9-11H2,1-4H3. The van der Waals surface area contributed by atoms with Gasteiger partial charge in [0.05, 0.1) is 5.02 Å². The van der Waals surface area contributed by atoms with Gasteiger partial charge in [0.1, 0.15) is 5.82 Å². The highest BCUT2D eigenvalue weighted by molar-refractivity contribution is 6.30. The fraction of sp³-hybridized carbons (Fsp3) is 0.647. The Hall–Kier alpha value is -0.640. The minimum Gasteiger partial charge on any atom is -0.311 e. The van der Waals surface area contributed by atoms with Crippen molar-refractivity contribution in [3.63, 3.8) is 0 Å². The van der Waals surface area contributed by atoms with Crippen molar-refractivity contribution < 1.29 is 4.39 Å². The molecule has 1 aliphatic rings. The molecule has 2 nitrogen and oxygen atoms in total. The van der Waals surface area contributed by atoms with Crippen molar-refractivity contribution in [3.05, 3.63) is 34.6 Å². The normalized spacial score (nSPS) is 27.3. The van der Waals surface area contributed by atoms with Crippen LogP contribution in [0.2, 0.25) is 5.02 Å². The zero-order chi connectivity index (χ0) is 15.6. The monoisotopic (exact) mass is 312 g/mol. The summed E-state index contributed by atoms with van der Waals surface area (Å²) in [6.45, 7) is 11.7. The van der Waals surface area contributed by atoms with Crippen LogP contribution in [0.1, 0.15) is 39.7 Å². The molecule has 0 aromatic heterocycles. The summed E-state index contributed by atoms with van der Waals surface area (Å²) in [4.78, 5) is 2.48. The van der Waals surface area contributed by atoms with E-state index in [2.05, 4.69) is 37.9 Å². The van der Waals surface area contributed by atoms with Crippen LogP contribution in [-0.4, -0.2) is 29.6 Å². The molecule has 1 fully saturated rings. The lowest BCUT2D eigenvalue weighted by molar-refractivity contribution is 0.0316. The molecule has 0 radical (unpaired) electrons. The minimum atomic E-state index is -0.331. The summed E-state index contributed by atoms with van der Waals surface area (Å²) in [6.07, 6.45) is 1.07. The molecule has 0 bridgehead atoms. The molecule has 2 atom stereocenters. The van der Waals surface area contributed by atoms with Gasteiger partial charge in [0.25, 0.3) is 0 Å². The van der Waals surface area contributed by atoms with Gasteiger partial charge >= 0.3 is 0 Å². The Labute approximate surface area is 132 Å². The number of hydrogen-bond donors (Lipinski definition) is 1. The van der Waals surface area contributed by atoms with Gasteiger partial charge in [0.2, 0.25) is 0 Å². The van der Waals surface area contributed by atoms with Crippen LogP contribution in [0.5, 0.6) is 0 Å². The Bertz CT molecular complexity index is 492. The zero-order valence-electron chi connectivity index (χ0n) is 13.4. The molecule has 2 rings (SSSR count). The maximum Gasteiger partial charge on any atom is 0.142 e. The molecule has 1 aromatic carbocycles. The van der Waals surface area contributed by atoms with E-state index >= 15 is 0 Å². The Morgan fingerprint density at radius 2 is 2.19 bits per heavy atom. The average molecular weight is 313 g/mol. The predicted octanol–water partition coefficient (Wildman–Crippen LogP) is 4.08. The molecule has 21 heavy (non-hydrogen) atoms. The number of piperazine rings is 1. The second-order valence-electron chi connectivity index (χ2n) is 6.71. The lowest BCUT2D eigenvalue weighted by Crippen LogP contribution is -2.63. The highest BCUT2D eigenvalue weighted by Crippen LogP contribution is 2.27. The Morgan fingerprint density at radius 3 is 2.76 bits per heavy atom. The van der Waals surface area contributed by atoms with Gasteiger partial charge in [0.15, 0.2) is 0 Å². The van der Waals surface area contributed by atoms with Crippen molar-refractivity contribution in [3.8, 4) is 0 Å². The Kier molecular flexibility index (Phi) is 5.29. The lowest BCUT2D eigenvalue weighted by Gasteiger charge is -2.49. The van der Waals surface area contributed by atoms with Crippen LogP contribution in [0.3, 0.4) is 0 Å². The fourth-order valence-corrected chi connectivity index (χ4v) is 3.01. The third kappa shape index (κ3) is 3.77. The van der Waals surface area contributed by atoms with Crippen LogP contribution < -0.4 is 5.32 Å². The maximum absolute atomic E-state index is 13.6. The third-order valence-electron chi connectivity index (χ3n) is 4.85. The van der Waals surface area contributed by atoms with Crippen LogP contribution in [0.25, 0.3) is 0 Å². The second-order valence-corrected chi connectivity index (χ2v) is 7.12. The number of nitrogens with zero attached hydrogens (tertiary/aromatic N) is 1. The van der Waals surface area contributed by atoms with Crippen molar-refractivity contribution in [1.82, 2.24) is 10.2 Å². The molecule has 2 unspecified atom stereocenters. The average Bonchev–Trinajstić information content (AvgIpc) is 2.45. The van der Waals surface area contributed by atoms with Crippen LogP contribution in [0.15, 0.2) is 18.2 Å². The van der Waals surface area contributed by atoms with Gasteiger partial charge in [-0.15, -0.1) is 0 Å². The van der Waals surface area contributed by atoms with E-state index in [1.54, 1.807) is 12.1 Å². The van der Waals surface area contributed by atoms with Crippen molar-refractivity contribution in [1.29, 1.82) is 0 Å². The van der Waals surface area contributed by atoms with Gasteiger partial charge in [-0.25, -0.2) is 4.39 Å². The molecule has 0 amide bonds. The summed E-state index contributed by atoms with van der Waals surface area (Å²) in [5, 5.41) is 3.85. The molecular formula is C17H26ClFN2. The van der Waals surface area contributed by atoms with E-state index in [-0.39, 0.29) is 16.4 Å². The topological polar surface area (TPSA) is 15.3 Å². The first-order chi connectivity index (χ1) is 9.85. The van der Waals surface area contributed by atoms with Crippen LogP contribution in [-0.2, 0) is 6.54 Å². The number of benzene rings is 1. The summed E-state index contributed by atoms with van der Waals surface area (Å²) in [6, 6.07) is 5.62. The van der Waals surface area contributed by atoms with E-state index in [4.69, 9.17) is 11.6 Å². The second kappa shape index (κ2) is 6.64. The number of nitrogens with one attached hydrogen (secondary N) is 1. The van der Waals surface area contributed by atoms with E-state index in [9.17, 15) is 4.39 Å². The predicted molar refractivity (Wildman–Crippen MR) is 87.1 cm³/mol. The highest BCUT2D eigenvalue weighted by atomic mass is 35.5. The van der Waals surface area contributed by atoms with Gasteiger partial charge in [-0.2, -0.15) is 0 Å². The SMILES string of the molecule is CCC1(C)CNC(C(C)C)CN1Cc1ccc(Cl)c(F)c1. The third-order valence-corrected chi connectivity index (χ3v) is 5.16. The van der Waals surface area contributed by atoms with Crippen molar-refractivity contribution in [2.45, 2.75) is 52.2 Å². The minimum absolute atomic E-state index is 0.113. The molecule has 118 valence electrons. The van der Waals surface area contributed by atoms with E-state index in [1.807, 2.05) is 6.07 Å². The summed E-state index contributed by atoms with van der Waals surface area (Å²) >= 11 is 5.77. The van der Waals surface area contributed by atoms with E-state index in [1.165, 1.54) is 0 Å². The first-order valence-corrected chi connectivity index (χ1v) is 8.16. The molecular weight excluding hydrogens is 287 g/mol. The summed E-state index contributed by atoms with van der Waals surface area (Å²) in [7, 11) is 0. The summed E-state index contributed by atoms with van der Waals surface area (Å²) < 4.78 is 13.6. The van der Waals surface area contributed by atoms with Crippen LogP contribution in [0, 0.1) is 11.7 Å². The first-order valence-electron chi connectivity index (χ1n) is 7.78. The van der Waals surface area contributed by atoms with Gasteiger partial charge in [-0.1, -0.05) is 38.4 Å².